The largest absolute Gasteiger partial charge is 0.496 e. The molecule has 0 saturated heterocycles. The molecule has 1 heterocycles. The van der Waals surface area contributed by atoms with Gasteiger partial charge in [-0.1, -0.05) is 18.2 Å². The van der Waals surface area contributed by atoms with Crippen molar-refractivity contribution in [1.29, 1.82) is 0 Å². The number of amides is 2. The van der Waals surface area contributed by atoms with E-state index in [4.69, 9.17) is 9.15 Å². The number of hydrogen-bond donors (Lipinski definition) is 2. The van der Waals surface area contributed by atoms with Crippen molar-refractivity contribution < 1.29 is 19.1 Å². The van der Waals surface area contributed by atoms with E-state index in [0.717, 1.165) is 18.4 Å². The number of urea groups is 1. The van der Waals surface area contributed by atoms with Gasteiger partial charge in [-0.05, 0) is 37.0 Å². The van der Waals surface area contributed by atoms with Gasteiger partial charge in [0.05, 0.1) is 19.5 Å². The number of nitrogens with one attached hydrogen (secondary N) is 1. The first-order chi connectivity index (χ1) is 12.1. The van der Waals surface area contributed by atoms with Crippen molar-refractivity contribution in [3.8, 4) is 5.75 Å². The quantitative estimate of drug-likeness (QED) is 0.810. The number of aliphatic hydroxyl groups is 1. The van der Waals surface area contributed by atoms with Gasteiger partial charge in [0.2, 0.25) is 0 Å². The van der Waals surface area contributed by atoms with E-state index >= 15 is 0 Å². The number of hydrogen-bond acceptors (Lipinski definition) is 4. The maximum absolute atomic E-state index is 12.6. The van der Waals surface area contributed by atoms with Gasteiger partial charge in [-0.2, -0.15) is 0 Å². The summed E-state index contributed by atoms with van der Waals surface area (Å²) in [6.07, 6.45) is 3.17. The van der Waals surface area contributed by atoms with Gasteiger partial charge >= 0.3 is 6.03 Å². The Kier molecular flexibility index (Phi) is 5.28. The van der Waals surface area contributed by atoms with Crippen LogP contribution in [0, 0.1) is 5.92 Å². The van der Waals surface area contributed by atoms with Crippen LogP contribution >= 0.6 is 0 Å². The summed E-state index contributed by atoms with van der Waals surface area (Å²) in [5, 5.41) is 13.0. The number of carbonyl (C=O) groups is 1. The summed E-state index contributed by atoms with van der Waals surface area (Å²) in [6, 6.07) is 10.4. The van der Waals surface area contributed by atoms with Crippen molar-refractivity contribution in [2.45, 2.75) is 25.0 Å². The molecule has 1 aromatic heterocycles. The molecule has 134 valence electrons. The van der Waals surface area contributed by atoms with E-state index in [1.807, 2.05) is 30.3 Å². The Morgan fingerprint density at radius 2 is 2.12 bits per heavy atom. The predicted molar refractivity (Wildman–Crippen MR) is 93.4 cm³/mol. The van der Waals surface area contributed by atoms with Crippen molar-refractivity contribution >= 4 is 6.03 Å². The van der Waals surface area contributed by atoms with E-state index in [9.17, 15) is 9.90 Å². The molecule has 1 aliphatic carbocycles. The minimum Gasteiger partial charge on any atom is -0.496 e. The van der Waals surface area contributed by atoms with Gasteiger partial charge in [0.15, 0.2) is 0 Å². The molecule has 2 atom stereocenters. The second-order valence-corrected chi connectivity index (χ2v) is 6.43. The number of nitrogens with zero attached hydrogens (tertiary/aromatic N) is 1. The maximum atomic E-state index is 12.6. The molecule has 6 heteroatoms. The van der Waals surface area contributed by atoms with Gasteiger partial charge in [0.1, 0.15) is 17.6 Å². The highest BCUT2D eigenvalue weighted by Crippen LogP contribution is 2.33. The Balaban J connectivity index is 1.77. The number of ether oxygens (including phenoxy) is 1. The monoisotopic (exact) mass is 344 g/mol. The minimum atomic E-state index is -0.473. The van der Waals surface area contributed by atoms with Crippen molar-refractivity contribution in [3.05, 3.63) is 54.0 Å². The number of furan rings is 1. The molecule has 25 heavy (non-hydrogen) atoms. The maximum Gasteiger partial charge on any atom is 0.318 e. The van der Waals surface area contributed by atoms with Crippen LogP contribution in [0.5, 0.6) is 5.75 Å². The lowest BCUT2D eigenvalue weighted by Crippen LogP contribution is -2.43. The van der Waals surface area contributed by atoms with Crippen molar-refractivity contribution in [1.82, 2.24) is 10.2 Å². The predicted octanol–water partition coefficient (Wildman–Crippen LogP) is 2.79. The summed E-state index contributed by atoms with van der Waals surface area (Å²) in [5.74, 6) is 1.61. The molecule has 6 nitrogen and oxygen atoms in total. The summed E-state index contributed by atoms with van der Waals surface area (Å²) in [6.45, 7) is 0.313. The number of para-hydroxylation sites is 1. The highest BCUT2D eigenvalue weighted by molar-refractivity contribution is 5.75. The first-order valence-electron chi connectivity index (χ1n) is 8.46. The second kappa shape index (κ2) is 7.61. The van der Waals surface area contributed by atoms with E-state index in [2.05, 4.69) is 5.32 Å². The molecule has 3 rings (SSSR count). The van der Waals surface area contributed by atoms with Gasteiger partial charge in [0.25, 0.3) is 0 Å². The molecule has 2 N–H and O–H groups in total. The van der Waals surface area contributed by atoms with Crippen LogP contribution in [0.2, 0.25) is 0 Å². The van der Waals surface area contributed by atoms with E-state index in [0.29, 0.717) is 24.0 Å². The standard InChI is InChI=1S/C19H24N2O4/c1-21(12-15(22)13-9-10-13)19(23)20-18(17-8-5-11-25-17)14-6-3-4-7-16(14)24-2/h3-8,11,13,15,18,22H,9-10,12H2,1-2H3,(H,20,23). The zero-order chi connectivity index (χ0) is 17.8. The Bertz CT molecular complexity index is 697. The zero-order valence-electron chi connectivity index (χ0n) is 14.5. The lowest BCUT2D eigenvalue weighted by atomic mass is 10.0. The lowest BCUT2D eigenvalue weighted by molar-refractivity contribution is 0.112. The normalized spacial score (nSPS) is 16.1. The molecule has 2 amide bonds. The smallest absolute Gasteiger partial charge is 0.318 e. The first kappa shape index (κ1) is 17.4. The van der Waals surface area contributed by atoms with Crippen LogP contribution in [0.4, 0.5) is 4.79 Å². The van der Waals surface area contributed by atoms with Crippen molar-refractivity contribution in [2.75, 3.05) is 20.7 Å². The third-order valence-electron chi connectivity index (χ3n) is 4.52. The summed E-state index contributed by atoms with van der Waals surface area (Å²) in [7, 11) is 3.28. The molecule has 0 spiro atoms. The Labute approximate surface area is 147 Å². The number of aliphatic hydroxyl groups excluding tert-OH is 1. The Morgan fingerprint density at radius 3 is 2.76 bits per heavy atom. The van der Waals surface area contributed by atoms with E-state index in [1.165, 1.54) is 4.90 Å². The van der Waals surface area contributed by atoms with E-state index < -0.39 is 12.1 Å². The molecule has 2 unspecified atom stereocenters. The van der Waals surface area contributed by atoms with Crippen LogP contribution in [0.3, 0.4) is 0 Å². The van der Waals surface area contributed by atoms with Crippen LogP contribution in [0.1, 0.15) is 30.2 Å². The average molecular weight is 344 g/mol. The van der Waals surface area contributed by atoms with E-state index in [1.54, 1.807) is 26.5 Å². The second-order valence-electron chi connectivity index (χ2n) is 6.43. The van der Waals surface area contributed by atoms with Crippen LogP contribution in [0.25, 0.3) is 0 Å². The van der Waals surface area contributed by atoms with Crippen molar-refractivity contribution in [3.63, 3.8) is 0 Å². The summed E-state index contributed by atoms with van der Waals surface area (Å²) < 4.78 is 10.9. The molecule has 1 aromatic carbocycles. The number of carbonyl (C=O) groups excluding carboxylic acids is 1. The van der Waals surface area contributed by atoms with Gasteiger partial charge in [-0.3, -0.25) is 0 Å². The fourth-order valence-electron chi connectivity index (χ4n) is 2.89. The van der Waals surface area contributed by atoms with Gasteiger partial charge in [0, 0.05) is 19.2 Å². The summed E-state index contributed by atoms with van der Waals surface area (Å²) in [5.41, 5.74) is 0.810. The van der Waals surface area contributed by atoms with Crippen molar-refractivity contribution in [2.24, 2.45) is 5.92 Å². The fraction of sp³-hybridized carbons (Fsp3) is 0.421. The third-order valence-corrected chi connectivity index (χ3v) is 4.52. The molecule has 2 aromatic rings. The number of benzene rings is 1. The molecule has 0 bridgehead atoms. The fourth-order valence-corrected chi connectivity index (χ4v) is 2.89. The first-order valence-corrected chi connectivity index (χ1v) is 8.46. The summed E-state index contributed by atoms with van der Waals surface area (Å²) >= 11 is 0. The SMILES string of the molecule is COc1ccccc1C(NC(=O)N(C)CC(O)C1CC1)c1ccco1. The highest BCUT2D eigenvalue weighted by atomic mass is 16.5. The van der Waals surface area contributed by atoms with Gasteiger partial charge in [-0.25, -0.2) is 4.79 Å². The minimum absolute atomic E-state index is 0.271. The number of rotatable bonds is 7. The van der Waals surface area contributed by atoms with Crippen LogP contribution in [0.15, 0.2) is 47.1 Å². The summed E-state index contributed by atoms with van der Waals surface area (Å²) in [4.78, 5) is 14.1. The Hall–Kier alpha value is -2.47. The molecule has 0 radical (unpaired) electrons. The number of methoxy groups -OCH3 is 1. The lowest BCUT2D eigenvalue weighted by Gasteiger charge is -2.25. The van der Waals surface area contributed by atoms with E-state index in [-0.39, 0.29) is 6.03 Å². The third kappa shape index (κ3) is 4.14. The van der Waals surface area contributed by atoms with Gasteiger partial charge in [-0.15, -0.1) is 0 Å². The van der Waals surface area contributed by atoms with Gasteiger partial charge < -0.3 is 24.5 Å². The molecular formula is C19H24N2O4. The highest BCUT2D eigenvalue weighted by Gasteiger charge is 2.32. The molecule has 1 fully saturated rings. The number of likely N-dealkylation sites (N-methyl/N-ethyl adjacent to an activating group) is 1. The Morgan fingerprint density at radius 1 is 1.36 bits per heavy atom. The molecule has 1 saturated carbocycles. The van der Waals surface area contributed by atoms with Crippen LogP contribution in [-0.4, -0.2) is 42.8 Å². The average Bonchev–Trinajstić information content (AvgIpc) is 3.35. The molecule has 1 aliphatic rings. The van der Waals surface area contributed by atoms with Crippen LogP contribution < -0.4 is 10.1 Å². The topological polar surface area (TPSA) is 74.9 Å². The zero-order valence-corrected chi connectivity index (χ0v) is 14.5. The molecule has 0 aliphatic heterocycles. The molecular weight excluding hydrogens is 320 g/mol. The van der Waals surface area contributed by atoms with Crippen LogP contribution in [-0.2, 0) is 0 Å².